The average Bonchev–Trinajstić information content (AvgIpc) is 3.41. The Morgan fingerprint density at radius 1 is 1.00 bits per heavy atom. The summed E-state index contributed by atoms with van der Waals surface area (Å²) in [4.78, 5) is 12.3. The highest BCUT2D eigenvalue weighted by Crippen LogP contribution is 2.50. The maximum absolute atomic E-state index is 12.3. The molecule has 126 valence electrons. The van der Waals surface area contributed by atoms with Crippen molar-refractivity contribution in [2.45, 2.75) is 24.7 Å². The first-order chi connectivity index (χ1) is 11.7. The molecule has 0 bridgehead atoms. The van der Waals surface area contributed by atoms with E-state index in [-0.39, 0.29) is 11.3 Å². The lowest BCUT2D eigenvalue weighted by Gasteiger charge is -2.19. The first-order valence-corrected chi connectivity index (χ1v) is 8.20. The topological polar surface area (TPSA) is 47.6 Å². The predicted octanol–water partition coefficient (Wildman–Crippen LogP) is 3.09. The van der Waals surface area contributed by atoms with Crippen LogP contribution in [-0.4, -0.2) is 26.7 Å². The molecule has 1 saturated carbocycles. The molecule has 4 heteroatoms. The van der Waals surface area contributed by atoms with Crippen LogP contribution in [-0.2, 0) is 16.6 Å². The minimum absolute atomic E-state index is 0.0145. The fourth-order valence-electron chi connectivity index (χ4n) is 3.13. The minimum atomic E-state index is 0.0145. The lowest BCUT2D eigenvalue weighted by molar-refractivity contribution is -0.120. The van der Waals surface area contributed by atoms with Gasteiger partial charge in [0.15, 0.2) is 0 Å². The van der Waals surface area contributed by atoms with Gasteiger partial charge in [-0.05, 0) is 25.0 Å². The SMILES string of the molecule is COc1ccccc1CC(=O)NCC1(c2ccccc2OC)CC1. The molecule has 4 nitrogen and oxygen atoms in total. The third-order valence-electron chi connectivity index (χ3n) is 4.70. The number of methoxy groups -OCH3 is 2. The lowest BCUT2D eigenvalue weighted by atomic mass is 9.94. The number of hydrogen-bond donors (Lipinski definition) is 1. The zero-order valence-electron chi connectivity index (χ0n) is 14.2. The number of para-hydroxylation sites is 2. The van der Waals surface area contributed by atoms with Gasteiger partial charge in [0.05, 0.1) is 20.6 Å². The van der Waals surface area contributed by atoms with E-state index in [1.807, 2.05) is 42.5 Å². The molecule has 3 rings (SSSR count). The van der Waals surface area contributed by atoms with Crippen molar-refractivity contribution < 1.29 is 14.3 Å². The molecule has 0 unspecified atom stereocenters. The number of nitrogens with one attached hydrogen (secondary N) is 1. The zero-order chi connectivity index (χ0) is 17.0. The van der Waals surface area contributed by atoms with E-state index in [0.29, 0.717) is 13.0 Å². The summed E-state index contributed by atoms with van der Waals surface area (Å²) in [7, 11) is 3.31. The van der Waals surface area contributed by atoms with Crippen LogP contribution >= 0.6 is 0 Å². The number of carbonyl (C=O) groups is 1. The van der Waals surface area contributed by atoms with Gasteiger partial charge in [-0.15, -0.1) is 0 Å². The van der Waals surface area contributed by atoms with E-state index >= 15 is 0 Å². The number of benzene rings is 2. The van der Waals surface area contributed by atoms with Crippen molar-refractivity contribution in [2.75, 3.05) is 20.8 Å². The largest absolute Gasteiger partial charge is 0.496 e. The summed E-state index contributed by atoms with van der Waals surface area (Å²) >= 11 is 0. The van der Waals surface area contributed by atoms with Gasteiger partial charge < -0.3 is 14.8 Å². The van der Waals surface area contributed by atoms with Gasteiger partial charge in [0.2, 0.25) is 5.91 Å². The van der Waals surface area contributed by atoms with Crippen LogP contribution in [0, 0.1) is 0 Å². The molecule has 1 aliphatic carbocycles. The molecule has 1 fully saturated rings. The fraction of sp³-hybridized carbons (Fsp3) is 0.350. The Bertz CT molecular complexity index is 722. The van der Waals surface area contributed by atoms with Gasteiger partial charge >= 0.3 is 0 Å². The molecule has 1 aliphatic rings. The number of ether oxygens (including phenoxy) is 2. The number of rotatable bonds is 7. The van der Waals surface area contributed by atoms with Crippen molar-refractivity contribution in [3.8, 4) is 11.5 Å². The third kappa shape index (κ3) is 3.37. The van der Waals surface area contributed by atoms with E-state index in [2.05, 4.69) is 11.4 Å². The van der Waals surface area contributed by atoms with Gasteiger partial charge in [0.1, 0.15) is 11.5 Å². The van der Waals surface area contributed by atoms with Crippen LogP contribution in [0.2, 0.25) is 0 Å². The predicted molar refractivity (Wildman–Crippen MR) is 93.6 cm³/mol. The molecule has 0 aromatic heterocycles. The zero-order valence-corrected chi connectivity index (χ0v) is 14.2. The van der Waals surface area contributed by atoms with Crippen LogP contribution < -0.4 is 14.8 Å². The number of amides is 1. The molecular formula is C20H23NO3. The number of hydrogen-bond acceptors (Lipinski definition) is 3. The van der Waals surface area contributed by atoms with Crippen LogP contribution in [0.25, 0.3) is 0 Å². The second kappa shape index (κ2) is 6.95. The maximum Gasteiger partial charge on any atom is 0.224 e. The Morgan fingerprint density at radius 3 is 2.29 bits per heavy atom. The first kappa shape index (κ1) is 16.4. The molecule has 0 spiro atoms. The summed E-state index contributed by atoms with van der Waals surface area (Å²) in [5.41, 5.74) is 2.10. The molecule has 2 aromatic rings. The van der Waals surface area contributed by atoms with Gasteiger partial charge in [0, 0.05) is 23.1 Å². The van der Waals surface area contributed by atoms with Gasteiger partial charge in [-0.2, -0.15) is 0 Å². The molecule has 0 atom stereocenters. The highest BCUT2D eigenvalue weighted by Gasteiger charge is 2.46. The van der Waals surface area contributed by atoms with Crippen molar-refractivity contribution in [3.05, 3.63) is 59.7 Å². The Balaban J connectivity index is 1.64. The summed E-state index contributed by atoms with van der Waals surface area (Å²) in [6, 6.07) is 15.7. The van der Waals surface area contributed by atoms with Crippen molar-refractivity contribution in [1.29, 1.82) is 0 Å². The Labute approximate surface area is 142 Å². The minimum Gasteiger partial charge on any atom is -0.496 e. The highest BCUT2D eigenvalue weighted by molar-refractivity contribution is 5.79. The average molecular weight is 325 g/mol. The van der Waals surface area contributed by atoms with Crippen LogP contribution in [0.3, 0.4) is 0 Å². The van der Waals surface area contributed by atoms with Crippen LogP contribution in [0.4, 0.5) is 0 Å². The lowest BCUT2D eigenvalue weighted by Crippen LogP contribution is -2.33. The summed E-state index contributed by atoms with van der Waals surface area (Å²) in [6.45, 7) is 0.640. The van der Waals surface area contributed by atoms with E-state index in [1.165, 1.54) is 5.56 Å². The monoisotopic (exact) mass is 325 g/mol. The Morgan fingerprint density at radius 2 is 1.62 bits per heavy atom. The smallest absolute Gasteiger partial charge is 0.224 e. The first-order valence-electron chi connectivity index (χ1n) is 8.20. The van der Waals surface area contributed by atoms with Gasteiger partial charge in [-0.25, -0.2) is 0 Å². The van der Waals surface area contributed by atoms with Crippen LogP contribution in [0.1, 0.15) is 24.0 Å². The van der Waals surface area contributed by atoms with Crippen molar-refractivity contribution in [1.82, 2.24) is 5.32 Å². The fourth-order valence-corrected chi connectivity index (χ4v) is 3.13. The van der Waals surface area contributed by atoms with Crippen molar-refractivity contribution >= 4 is 5.91 Å². The summed E-state index contributed by atoms with van der Waals surface area (Å²) in [6.07, 6.45) is 2.47. The standard InChI is InChI=1S/C20H23NO3/c1-23-17-9-5-3-7-15(17)13-19(22)21-14-20(11-12-20)16-8-4-6-10-18(16)24-2/h3-10H,11-14H2,1-2H3,(H,21,22). The number of carbonyl (C=O) groups excluding carboxylic acids is 1. The maximum atomic E-state index is 12.3. The molecule has 1 amide bonds. The summed E-state index contributed by atoms with van der Waals surface area (Å²) in [5.74, 6) is 1.66. The quantitative estimate of drug-likeness (QED) is 0.851. The van der Waals surface area contributed by atoms with Crippen molar-refractivity contribution in [3.63, 3.8) is 0 Å². The molecule has 24 heavy (non-hydrogen) atoms. The van der Waals surface area contributed by atoms with Crippen molar-refractivity contribution in [2.24, 2.45) is 0 Å². The molecule has 0 radical (unpaired) electrons. The van der Waals surface area contributed by atoms with E-state index in [4.69, 9.17) is 9.47 Å². The van der Waals surface area contributed by atoms with Gasteiger partial charge in [-0.3, -0.25) is 4.79 Å². The molecule has 1 N–H and O–H groups in total. The molecule has 0 aliphatic heterocycles. The van der Waals surface area contributed by atoms with Crippen LogP contribution in [0.15, 0.2) is 48.5 Å². The van der Waals surface area contributed by atoms with E-state index in [0.717, 1.165) is 29.9 Å². The van der Waals surface area contributed by atoms with Gasteiger partial charge in [0.25, 0.3) is 0 Å². The third-order valence-corrected chi connectivity index (χ3v) is 4.70. The molecular weight excluding hydrogens is 302 g/mol. The van der Waals surface area contributed by atoms with Gasteiger partial charge in [-0.1, -0.05) is 36.4 Å². The van der Waals surface area contributed by atoms with E-state index in [9.17, 15) is 4.79 Å². The second-order valence-corrected chi connectivity index (χ2v) is 6.25. The second-order valence-electron chi connectivity index (χ2n) is 6.25. The molecule has 2 aromatic carbocycles. The Hall–Kier alpha value is -2.49. The summed E-state index contributed by atoms with van der Waals surface area (Å²) in [5, 5.41) is 3.08. The summed E-state index contributed by atoms with van der Waals surface area (Å²) < 4.78 is 10.8. The molecule has 0 saturated heterocycles. The highest BCUT2D eigenvalue weighted by atomic mass is 16.5. The normalized spacial score (nSPS) is 14.8. The molecule has 0 heterocycles. The van der Waals surface area contributed by atoms with E-state index in [1.54, 1.807) is 14.2 Å². The Kier molecular flexibility index (Phi) is 4.74. The van der Waals surface area contributed by atoms with E-state index < -0.39 is 0 Å². The van der Waals surface area contributed by atoms with Crippen LogP contribution in [0.5, 0.6) is 11.5 Å².